The molecule has 0 spiro atoms. The van der Waals surface area contributed by atoms with Crippen LogP contribution in [-0.2, 0) is 11.3 Å². The average Bonchev–Trinajstić information content (AvgIpc) is 3.38. The van der Waals surface area contributed by atoms with Gasteiger partial charge in [-0.15, -0.1) is 0 Å². The molecule has 5 aromatic rings. The van der Waals surface area contributed by atoms with E-state index in [0.29, 0.717) is 71.0 Å². The van der Waals surface area contributed by atoms with Gasteiger partial charge in [-0.2, -0.15) is 0 Å². The number of carboxylic acids is 1. The zero-order chi connectivity index (χ0) is 29.7. The number of anilines is 2. The fourth-order valence-corrected chi connectivity index (χ4v) is 5.63. The van der Waals surface area contributed by atoms with Crippen LogP contribution in [0.15, 0.2) is 35.5 Å². The van der Waals surface area contributed by atoms with Crippen LogP contribution < -0.4 is 15.6 Å². The lowest BCUT2D eigenvalue weighted by atomic mass is 10.0. The van der Waals surface area contributed by atoms with Gasteiger partial charge in [-0.1, -0.05) is 0 Å². The number of fused-ring (bicyclic) bond motifs is 4. The van der Waals surface area contributed by atoms with Crippen molar-refractivity contribution in [1.29, 1.82) is 0 Å². The number of halogens is 2. The molecule has 3 N–H and O–H groups in total. The van der Waals surface area contributed by atoms with Crippen molar-refractivity contribution in [3.05, 3.63) is 58.1 Å². The molecule has 1 aliphatic rings. The summed E-state index contributed by atoms with van der Waals surface area (Å²) in [5, 5.41) is 13.2. The lowest BCUT2D eigenvalue weighted by Gasteiger charge is -2.27. The van der Waals surface area contributed by atoms with E-state index in [2.05, 4.69) is 25.2 Å². The van der Waals surface area contributed by atoms with Crippen molar-refractivity contribution in [2.24, 2.45) is 0 Å². The van der Waals surface area contributed by atoms with E-state index in [1.54, 1.807) is 49.1 Å². The van der Waals surface area contributed by atoms with Gasteiger partial charge in [0, 0.05) is 83.1 Å². The fourth-order valence-electron chi connectivity index (χ4n) is 5.63. The Balaban J connectivity index is 1.56. The van der Waals surface area contributed by atoms with Crippen molar-refractivity contribution in [3.8, 4) is 11.1 Å². The molecule has 4 aromatic heterocycles. The van der Waals surface area contributed by atoms with E-state index in [1.807, 2.05) is 0 Å². The van der Waals surface area contributed by atoms with Crippen LogP contribution in [-0.4, -0.2) is 89.5 Å². The van der Waals surface area contributed by atoms with Crippen LogP contribution in [0.4, 0.5) is 20.2 Å². The first-order chi connectivity index (χ1) is 20.2. The maximum Gasteiger partial charge on any atom is 0.341 e. The van der Waals surface area contributed by atoms with Crippen molar-refractivity contribution in [1.82, 2.24) is 24.4 Å². The van der Waals surface area contributed by atoms with Crippen LogP contribution in [0.25, 0.3) is 44.1 Å². The van der Waals surface area contributed by atoms with Gasteiger partial charge < -0.3 is 29.6 Å². The molecule has 0 aliphatic carbocycles. The van der Waals surface area contributed by atoms with Gasteiger partial charge in [0.25, 0.3) is 0 Å². The number of carbonyl (C=O) groups is 1. The summed E-state index contributed by atoms with van der Waals surface area (Å²) in [5.74, 6) is -3.35. The molecular formula is C29H29F2N7O4. The molecule has 42 heavy (non-hydrogen) atoms. The highest BCUT2D eigenvalue weighted by Crippen LogP contribution is 2.42. The van der Waals surface area contributed by atoms with Crippen molar-refractivity contribution in [2.75, 3.05) is 64.2 Å². The summed E-state index contributed by atoms with van der Waals surface area (Å²) in [6, 6.07) is 2.67. The van der Waals surface area contributed by atoms with Gasteiger partial charge in [0.15, 0.2) is 11.6 Å². The SMILES string of the molecule is CNc1cc(F)c(F)c2c1[nH]c1ncc(-c3cnc4c(c3)c(=O)c(C(=O)O)cn4CCN3CCOCC3)c(N(C)C)c12. The molecule has 13 heteroatoms. The second kappa shape index (κ2) is 10.7. The smallest absolute Gasteiger partial charge is 0.341 e. The van der Waals surface area contributed by atoms with Gasteiger partial charge in [0.2, 0.25) is 5.43 Å². The second-order valence-corrected chi connectivity index (χ2v) is 10.4. The Morgan fingerprint density at radius 1 is 1.14 bits per heavy atom. The van der Waals surface area contributed by atoms with E-state index in [0.717, 1.165) is 19.2 Å². The monoisotopic (exact) mass is 577 g/mol. The van der Waals surface area contributed by atoms with Gasteiger partial charge in [-0.25, -0.2) is 23.5 Å². The van der Waals surface area contributed by atoms with E-state index >= 15 is 4.39 Å². The molecule has 6 rings (SSSR count). The molecule has 1 aromatic carbocycles. The number of pyridine rings is 3. The minimum Gasteiger partial charge on any atom is -0.477 e. The van der Waals surface area contributed by atoms with E-state index < -0.39 is 23.0 Å². The van der Waals surface area contributed by atoms with Crippen LogP contribution >= 0.6 is 0 Å². The molecule has 1 aliphatic heterocycles. The van der Waals surface area contributed by atoms with Crippen molar-refractivity contribution < 1.29 is 23.4 Å². The minimum absolute atomic E-state index is 0.0415. The van der Waals surface area contributed by atoms with Crippen molar-refractivity contribution in [3.63, 3.8) is 0 Å². The average molecular weight is 578 g/mol. The summed E-state index contributed by atoms with van der Waals surface area (Å²) in [6.45, 7) is 3.84. The predicted molar refractivity (Wildman–Crippen MR) is 157 cm³/mol. The largest absolute Gasteiger partial charge is 0.477 e. The number of H-pyrrole nitrogens is 1. The molecule has 5 heterocycles. The molecule has 1 saturated heterocycles. The number of aromatic amines is 1. The number of benzene rings is 1. The maximum atomic E-state index is 15.3. The number of aromatic nitrogens is 4. The summed E-state index contributed by atoms with van der Waals surface area (Å²) in [4.78, 5) is 41.5. The number of hydrogen-bond donors (Lipinski definition) is 3. The Kier molecular flexibility index (Phi) is 6.99. The van der Waals surface area contributed by atoms with E-state index in [9.17, 15) is 19.1 Å². The first-order valence-electron chi connectivity index (χ1n) is 13.4. The summed E-state index contributed by atoms with van der Waals surface area (Å²) in [6.07, 6.45) is 4.48. The predicted octanol–water partition coefficient (Wildman–Crippen LogP) is 3.51. The standard InChI is InChI=1S/C29H29F2N7O4/c1-32-20-11-19(30)23(31)21-22-25(36(2)3)17(13-33-27(22)35-24(20)21)15-10-16-26(39)18(29(40)41)14-38(28(16)34-12-15)5-4-37-6-8-42-9-7-37/h10-14,32H,4-9H2,1-3H3,(H,33,35)(H,40,41). The highest BCUT2D eigenvalue weighted by atomic mass is 19.2. The second-order valence-electron chi connectivity index (χ2n) is 10.4. The van der Waals surface area contributed by atoms with Crippen LogP contribution in [0.5, 0.6) is 0 Å². The Labute approximate surface area is 238 Å². The molecule has 1 fully saturated rings. The zero-order valence-electron chi connectivity index (χ0n) is 23.3. The first kappa shape index (κ1) is 27.5. The number of nitrogens with zero attached hydrogens (tertiary/aromatic N) is 5. The lowest BCUT2D eigenvalue weighted by Crippen LogP contribution is -2.38. The number of aromatic carboxylic acids is 1. The van der Waals surface area contributed by atoms with Gasteiger partial charge in [-0.3, -0.25) is 9.69 Å². The number of morpholine rings is 1. The molecule has 0 atom stereocenters. The molecular weight excluding hydrogens is 548 g/mol. The molecule has 0 radical (unpaired) electrons. The number of carboxylic acid groups (broad SMARTS) is 1. The van der Waals surface area contributed by atoms with E-state index in [1.165, 1.54) is 6.20 Å². The lowest BCUT2D eigenvalue weighted by molar-refractivity contribution is 0.0365. The molecule has 0 amide bonds. The topological polar surface area (TPSA) is 129 Å². The highest BCUT2D eigenvalue weighted by Gasteiger charge is 2.24. The highest BCUT2D eigenvalue weighted by molar-refractivity contribution is 6.18. The van der Waals surface area contributed by atoms with Crippen LogP contribution in [0.3, 0.4) is 0 Å². The Bertz CT molecular complexity index is 1930. The Morgan fingerprint density at radius 3 is 2.60 bits per heavy atom. The van der Waals surface area contributed by atoms with E-state index in [-0.39, 0.29) is 16.3 Å². The molecule has 218 valence electrons. The van der Waals surface area contributed by atoms with Crippen LogP contribution in [0.2, 0.25) is 0 Å². The third kappa shape index (κ3) is 4.50. The maximum absolute atomic E-state index is 15.3. The first-order valence-corrected chi connectivity index (χ1v) is 13.4. The molecule has 11 nitrogen and oxygen atoms in total. The van der Waals surface area contributed by atoms with Crippen LogP contribution in [0, 0.1) is 11.6 Å². The normalized spacial score (nSPS) is 14.2. The van der Waals surface area contributed by atoms with Gasteiger partial charge in [0.05, 0.1) is 46.3 Å². The molecule has 0 saturated carbocycles. The Morgan fingerprint density at radius 2 is 1.90 bits per heavy atom. The number of rotatable bonds is 7. The summed E-state index contributed by atoms with van der Waals surface area (Å²) in [7, 11) is 5.15. The number of nitrogens with one attached hydrogen (secondary N) is 2. The summed E-state index contributed by atoms with van der Waals surface area (Å²) >= 11 is 0. The zero-order valence-corrected chi connectivity index (χ0v) is 23.3. The third-order valence-corrected chi connectivity index (χ3v) is 7.70. The molecule has 0 bridgehead atoms. The number of hydrogen-bond acceptors (Lipinski definition) is 8. The minimum atomic E-state index is -1.33. The quantitative estimate of drug-likeness (QED) is 0.266. The van der Waals surface area contributed by atoms with Gasteiger partial charge in [0.1, 0.15) is 16.9 Å². The van der Waals surface area contributed by atoms with Crippen LogP contribution in [0.1, 0.15) is 10.4 Å². The van der Waals surface area contributed by atoms with Crippen molar-refractivity contribution in [2.45, 2.75) is 6.54 Å². The van der Waals surface area contributed by atoms with E-state index in [4.69, 9.17) is 4.74 Å². The Hall–Kier alpha value is -4.62. The fraction of sp³-hybridized carbons (Fsp3) is 0.310. The third-order valence-electron chi connectivity index (χ3n) is 7.70. The number of ether oxygens (including phenoxy) is 1. The summed E-state index contributed by atoms with van der Waals surface area (Å²) < 4.78 is 37.0. The van der Waals surface area contributed by atoms with Gasteiger partial charge in [-0.05, 0) is 6.07 Å². The molecule has 0 unspecified atom stereocenters. The van der Waals surface area contributed by atoms with Crippen molar-refractivity contribution >= 4 is 50.3 Å². The van der Waals surface area contributed by atoms with Gasteiger partial charge >= 0.3 is 5.97 Å². The summed E-state index contributed by atoms with van der Waals surface area (Å²) in [5.41, 5.74) is 1.93.